The number of rotatable bonds is 0. The van der Waals surface area contributed by atoms with Crippen molar-refractivity contribution >= 4 is 16.7 Å². The molecule has 0 fully saturated rings. The zero-order valence-electron chi connectivity index (χ0n) is 17.3. The van der Waals surface area contributed by atoms with E-state index in [1.165, 1.54) is 16.7 Å². The van der Waals surface area contributed by atoms with Crippen LogP contribution in [-0.2, 0) is 0 Å². The van der Waals surface area contributed by atoms with E-state index in [-0.39, 0.29) is 0 Å². The lowest BCUT2D eigenvalue weighted by atomic mass is 10.1. The number of hydrogen-bond acceptors (Lipinski definition) is 5. The SMILES string of the molecule is Cc1cc2c(C)c(C)c(C)nn2n1.Cc1nn2nc(C)c(N)c2c(C)c1C. The van der Waals surface area contributed by atoms with Gasteiger partial charge in [-0.25, -0.2) is 0 Å². The van der Waals surface area contributed by atoms with Gasteiger partial charge in [0.25, 0.3) is 0 Å². The van der Waals surface area contributed by atoms with Gasteiger partial charge in [0.2, 0.25) is 0 Å². The van der Waals surface area contributed by atoms with E-state index < -0.39 is 0 Å². The molecular weight excluding hydrogens is 338 g/mol. The molecule has 4 aromatic rings. The highest BCUT2D eigenvalue weighted by Crippen LogP contribution is 2.23. The number of aromatic nitrogens is 6. The first kappa shape index (κ1) is 18.8. The highest BCUT2D eigenvalue weighted by molar-refractivity contribution is 5.76. The average Bonchev–Trinajstić information content (AvgIpc) is 3.11. The number of nitrogen functional groups attached to an aromatic ring is 1. The van der Waals surface area contributed by atoms with Gasteiger partial charge in [0.1, 0.15) is 5.52 Å². The minimum Gasteiger partial charge on any atom is -0.395 e. The van der Waals surface area contributed by atoms with E-state index in [0.29, 0.717) is 0 Å². The highest BCUT2D eigenvalue weighted by atomic mass is 15.4. The summed E-state index contributed by atoms with van der Waals surface area (Å²) in [6.45, 7) is 16.2. The van der Waals surface area contributed by atoms with Crippen molar-refractivity contribution in [2.45, 2.75) is 55.4 Å². The summed E-state index contributed by atoms with van der Waals surface area (Å²) < 4.78 is 3.34. The summed E-state index contributed by atoms with van der Waals surface area (Å²) >= 11 is 0. The van der Waals surface area contributed by atoms with Crippen molar-refractivity contribution in [1.29, 1.82) is 0 Å². The summed E-state index contributed by atoms with van der Waals surface area (Å²) in [7, 11) is 0. The van der Waals surface area contributed by atoms with Gasteiger partial charge in [-0.3, -0.25) is 0 Å². The Bertz CT molecular complexity index is 1160. The van der Waals surface area contributed by atoms with Crippen LogP contribution in [0.3, 0.4) is 0 Å². The van der Waals surface area contributed by atoms with E-state index in [4.69, 9.17) is 5.73 Å². The van der Waals surface area contributed by atoms with Crippen molar-refractivity contribution in [3.63, 3.8) is 0 Å². The topological polar surface area (TPSA) is 86.4 Å². The fourth-order valence-corrected chi connectivity index (χ4v) is 3.12. The Morgan fingerprint density at radius 3 is 1.78 bits per heavy atom. The van der Waals surface area contributed by atoms with Crippen molar-refractivity contribution in [2.75, 3.05) is 5.73 Å². The molecule has 0 aliphatic carbocycles. The van der Waals surface area contributed by atoms with E-state index >= 15 is 0 Å². The van der Waals surface area contributed by atoms with Crippen molar-refractivity contribution in [3.05, 3.63) is 51.1 Å². The van der Waals surface area contributed by atoms with Gasteiger partial charge in [-0.15, -0.1) is 4.63 Å². The Morgan fingerprint density at radius 2 is 1.15 bits per heavy atom. The van der Waals surface area contributed by atoms with Crippen LogP contribution < -0.4 is 5.73 Å². The maximum Gasteiger partial charge on any atom is 0.114 e. The lowest BCUT2D eigenvalue weighted by molar-refractivity contribution is 0.761. The van der Waals surface area contributed by atoms with Crippen molar-refractivity contribution in [1.82, 2.24) is 29.7 Å². The Balaban J connectivity index is 0.000000156. The molecule has 0 saturated heterocycles. The lowest BCUT2D eigenvalue weighted by Crippen LogP contribution is -2.02. The molecule has 4 aromatic heterocycles. The fraction of sp³-hybridized carbons (Fsp3) is 0.400. The molecular formula is C20H27N7. The maximum absolute atomic E-state index is 5.93. The molecule has 0 aliphatic rings. The highest BCUT2D eigenvalue weighted by Gasteiger charge is 2.12. The molecule has 0 radical (unpaired) electrons. The predicted octanol–water partition coefficient (Wildman–Crippen LogP) is 3.51. The second-order valence-electron chi connectivity index (χ2n) is 7.17. The van der Waals surface area contributed by atoms with Crippen LogP contribution >= 0.6 is 0 Å². The van der Waals surface area contributed by atoms with Gasteiger partial charge < -0.3 is 5.73 Å². The quantitative estimate of drug-likeness (QED) is 0.515. The zero-order valence-corrected chi connectivity index (χ0v) is 17.3. The molecule has 0 amide bonds. The third-order valence-corrected chi connectivity index (χ3v) is 5.34. The van der Waals surface area contributed by atoms with Crippen molar-refractivity contribution < 1.29 is 0 Å². The Hall–Kier alpha value is -2.96. The van der Waals surface area contributed by atoms with Crippen LogP contribution in [0.2, 0.25) is 0 Å². The molecule has 7 nitrogen and oxygen atoms in total. The monoisotopic (exact) mass is 365 g/mol. The summed E-state index contributed by atoms with van der Waals surface area (Å²) in [6, 6.07) is 2.06. The Morgan fingerprint density at radius 1 is 0.630 bits per heavy atom. The van der Waals surface area contributed by atoms with Gasteiger partial charge >= 0.3 is 0 Å². The minimum atomic E-state index is 0.734. The number of nitrogens with two attached hydrogens (primary N) is 1. The van der Waals surface area contributed by atoms with Crippen LogP contribution in [0, 0.1) is 55.4 Å². The molecule has 0 spiro atoms. The Kier molecular flexibility index (Phi) is 4.63. The summed E-state index contributed by atoms with van der Waals surface area (Å²) in [5.74, 6) is 0. The summed E-state index contributed by atoms with van der Waals surface area (Å²) in [4.78, 5) is 0. The van der Waals surface area contributed by atoms with Gasteiger partial charge in [0.05, 0.1) is 34.0 Å². The Labute approximate surface area is 159 Å². The number of hydrogen-bond donors (Lipinski definition) is 1. The van der Waals surface area contributed by atoms with Crippen LogP contribution in [0.25, 0.3) is 11.0 Å². The van der Waals surface area contributed by atoms with Crippen LogP contribution in [0.15, 0.2) is 6.07 Å². The van der Waals surface area contributed by atoms with Crippen LogP contribution in [0.5, 0.6) is 0 Å². The molecule has 142 valence electrons. The molecule has 0 saturated carbocycles. The molecule has 2 N–H and O–H groups in total. The van der Waals surface area contributed by atoms with E-state index in [2.05, 4.69) is 54.2 Å². The van der Waals surface area contributed by atoms with Gasteiger partial charge in [-0.2, -0.15) is 25.0 Å². The first-order valence-electron chi connectivity index (χ1n) is 9.01. The molecule has 7 heteroatoms. The van der Waals surface area contributed by atoms with Crippen LogP contribution in [-0.4, -0.2) is 29.7 Å². The average molecular weight is 365 g/mol. The van der Waals surface area contributed by atoms with Gasteiger partial charge in [0, 0.05) is 0 Å². The first-order chi connectivity index (χ1) is 12.6. The van der Waals surface area contributed by atoms with Gasteiger partial charge in [0.15, 0.2) is 0 Å². The summed E-state index contributed by atoms with van der Waals surface area (Å²) in [6.07, 6.45) is 0. The van der Waals surface area contributed by atoms with Crippen LogP contribution in [0.4, 0.5) is 5.69 Å². The lowest BCUT2D eigenvalue weighted by Gasteiger charge is -2.05. The molecule has 4 heterocycles. The van der Waals surface area contributed by atoms with E-state index in [9.17, 15) is 0 Å². The largest absolute Gasteiger partial charge is 0.395 e. The third-order valence-electron chi connectivity index (χ3n) is 5.34. The van der Waals surface area contributed by atoms with E-state index in [1.807, 2.05) is 27.7 Å². The summed E-state index contributed by atoms with van der Waals surface area (Å²) in [5.41, 5.74) is 17.5. The van der Waals surface area contributed by atoms with Crippen molar-refractivity contribution in [3.8, 4) is 0 Å². The van der Waals surface area contributed by atoms with E-state index in [0.717, 1.165) is 45.1 Å². The predicted molar refractivity (Wildman–Crippen MR) is 108 cm³/mol. The molecule has 0 unspecified atom stereocenters. The molecule has 0 atom stereocenters. The fourth-order valence-electron chi connectivity index (χ4n) is 3.12. The standard InChI is InChI=1S/C10H14N4.C10H13N3/c1-5-6(2)10-9(11)8(4)13-14(10)12-7(5)3;1-6-5-10-8(3)7(2)9(4)12-13(10)11-6/h11H2,1-4H3;5H,1-4H3. The van der Waals surface area contributed by atoms with Gasteiger partial charge in [-0.05, 0) is 83.7 Å². The first-order valence-corrected chi connectivity index (χ1v) is 9.01. The number of anilines is 1. The maximum atomic E-state index is 5.93. The smallest absolute Gasteiger partial charge is 0.114 e. The number of fused-ring (bicyclic) bond motifs is 2. The second-order valence-corrected chi connectivity index (χ2v) is 7.17. The molecule has 0 aromatic carbocycles. The summed E-state index contributed by atoms with van der Waals surface area (Å²) in [5, 5.41) is 17.2. The normalized spacial score (nSPS) is 11.1. The minimum absolute atomic E-state index is 0.734. The number of nitrogens with zero attached hydrogens (tertiary/aromatic N) is 6. The van der Waals surface area contributed by atoms with Crippen molar-refractivity contribution in [2.24, 2.45) is 0 Å². The van der Waals surface area contributed by atoms with Gasteiger partial charge in [-0.1, -0.05) is 0 Å². The number of aryl methyl sites for hydroxylation is 6. The zero-order chi connectivity index (χ0) is 20.0. The second kappa shape index (κ2) is 6.64. The van der Waals surface area contributed by atoms with E-state index in [1.54, 1.807) is 9.26 Å². The van der Waals surface area contributed by atoms with Crippen LogP contribution in [0.1, 0.15) is 45.0 Å². The molecule has 0 bridgehead atoms. The molecule has 27 heavy (non-hydrogen) atoms. The third kappa shape index (κ3) is 3.13. The molecule has 4 rings (SSSR count). The molecule has 0 aliphatic heterocycles.